The number of hydrogen-bond acceptors (Lipinski definition) is 4. The van der Waals surface area contributed by atoms with Crippen molar-refractivity contribution in [2.75, 3.05) is 0 Å². The topological polar surface area (TPSA) is 118 Å². The first-order chi connectivity index (χ1) is 10.3. The average Bonchev–Trinajstić information content (AvgIpc) is 2.46. The van der Waals surface area contributed by atoms with Crippen LogP contribution in [0.3, 0.4) is 0 Å². The van der Waals surface area contributed by atoms with Crippen LogP contribution in [0.15, 0.2) is 0 Å². The van der Waals surface area contributed by atoms with Crippen LogP contribution in [0, 0.1) is 0 Å². The summed E-state index contributed by atoms with van der Waals surface area (Å²) in [6.07, 6.45) is 7.80. The van der Waals surface area contributed by atoms with Crippen molar-refractivity contribution in [1.29, 1.82) is 0 Å². The van der Waals surface area contributed by atoms with E-state index >= 15 is 0 Å². The molecule has 22 heavy (non-hydrogen) atoms. The molecular weight excluding hydrogens is 286 g/mol. The lowest BCUT2D eigenvalue weighted by atomic mass is 9.87. The van der Waals surface area contributed by atoms with Gasteiger partial charge in [0.25, 0.3) is 0 Å². The molecule has 0 saturated heterocycles. The number of unbranched alkanes of at least 4 members (excludes halogenated alkanes) is 7. The van der Waals surface area contributed by atoms with Gasteiger partial charge >= 0.3 is 11.9 Å². The largest absolute Gasteiger partial charge is 0.481 e. The molecule has 0 aliphatic heterocycles. The molecule has 0 bridgehead atoms. The Balaban J connectivity index is 4.04. The van der Waals surface area contributed by atoms with Gasteiger partial charge in [-0.1, -0.05) is 51.9 Å². The lowest BCUT2D eigenvalue weighted by Gasteiger charge is -2.22. The molecule has 0 amide bonds. The van der Waals surface area contributed by atoms with Crippen molar-refractivity contribution in [3.05, 3.63) is 0 Å². The molecule has 0 fully saturated rings. The van der Waals surface area contributed by atoms with Crippen LogP contribution in [0.2, 0.25) is 0 Å². The second-order valence-electron chi connectivity index (χ2n) is 5.82. The van der Waals surface area contributed by atoms with Crippen molar-refractivity contribution in [3.63, 3.8) is 0 Å². The highest BCUT2D eigenvalue weighted by Gasteiger charge is 2.41. The Bertz CT molecular complexity index is 370. The predicted molar refractivity (Wildman–Crippen MR) is 83.7 cm³/mol. The minimum Gasteiger partial charge on any atom is -0.481 e. The molecule has 0 saturated carbocycles. The highest BCUT2D eigenvalue weighted by Crippen LogP contribution is 2.17. The molecule has 6 heteroatoms. The predicted octanol–water partition coefficient (Wildman–Crippen LogP) is 2.73. The molecule has 0 aromatic heterocycles. The summed E-state index contributed by atoms with van der Waals surface area (Å²) in [5.41, 5.74) is 3.55. The number of rotatable bonds is 14. The molecule has 0 unspecified atom stereocenters. The summed E-state index contributed by atoms with van der Waals surface area (Å²) in [7, 11) is 0. The second kappa shape index (κ2) is 11.2. The fourth-order valence-corrected chi connectivity index (χ4v) is 2.31. The zero-order valence-corrected chi connectivity index (χ0v) is 13.5. The van der Waals surface area contributed by atoms with Gasteiger partial charge in [0.1, 0.15) is 0 Å². The number of carbonyl (C=O) groups excluding carboxylic acids is 1. The fraction of sp³-hybridized carbons (Fsp3) is 0.812. The van der Waals surface area contributed by atoms with Crippen molar-refractivity contribution in [1.82, 2.24) is 0 Å². The SMILES string of the molecule is CCCCCCCCCCC(=O)[C@](N)(CCC(=O)O)C(=O)O. The zero-order valence-electron chi connectivity index (χ0n) is 13.5. The molecule has 0 rings (SSSR count). The van der Waals surface area contributed by atoms with E-state index in [1.54, 1.807) is 0 Å². The quantitative estimate of drug-likeness (QED) is 0.335. The molecule has 1 atom stereocenters. The smallest absolute Gasteiger partial charge is 0.331 e. The Hall–Kier alpha value is -1.43. The van der Waals surface area contributed by atoms with E-state index < -0.39 is 29.7 Å². The normalized spacial score (nSPS) is 13.5. The van der Waals surface area contributed by atoms with E-state index in [0.29, 0.717) is 6.42 Å². The van der Waals surface area contributed by atoms with Crippen LogP contribution in [0.5, 0.6) is 0 Å². The highest BCUT2D eigenvalue weighted by atomic mass is 16.4. The molecule has 0 aromatic rings. The molecule has 0 aromatic carbocycles. The summed E-state index contributed by atoms with van der Waals surface area (Å²) < 4.78 is 0. The average molecular weight is 315 g/mol. The van der Waals surface area contributed by atoms with Crippen molar-refractivity contribution >= 4 is 17.7 Å². The Kier molecular flexibility index (Phi) is 10.5. The highest BCUT2D eigenvalue weighted by molar-refractivity contribution is 6.07. The molecule has 0 spiro atoms. The second-order valence-corrected chi connectivity index (χ2v) is 5.82. The van der Waals surface area contributed by atoms with E-state index in [2.05, 4.69) is 6.92 Å². The summed E-state index contributed by atoms with van der Waals surface area (Å²) in [5.74, 6) is -3.18. The Morgan fingerprint density at radius 2 is 1.36 bits per heavy atom. The van der Waals surface area contributed by atoms with E-state index in [9.17, 15) is 14.4 Å². The number of nitrogens with two attached hydrogens (primary N) is 1. The first kappa shape index (κ1) is 20.6. The number of aliphatic carboxylic acids is 2. The molecule has 0 aliphatic carbocycles. The minimum atomic E-state index is -2.07. The maximum absolute atomic E-state index is 12.0. The molecule has 6 nitrogen and oxygen atoms in total. The number of carboxylic acid groups (broad SMARTS) is 2. The van der Waals surface area contributed by atoms with Crippen LogP contribution in [-0.2, 0) is 14.4 Å². The molecular formula is C16H29NO5. The molecule has 128 valence electrons. The Labute approximate surface area is 132 Å². The van der Waals surface area contributed by atoms with Crippen LogP contribution in [0.1, 0.15) is 77.6 Å². The van der Waals surface area contributed by atoms with Crippen LogP contribution in [-0.4, -0.2) is 33.5 Å². The van der Waals surface area contributed by atoms with Crippen LogP contribution in [0.25, 0.3) is 0 Å². The minimum absolute atomic E-state index is 0.0946. The van der Waals surface area contributed by atoms with Gasteiger partial charge < -0.3 is 15.9 Å². The van der Waals surface area contributed by atoms with Crippen LogP contribution >= 0.6 is 0 Å². The summed E-state index contributed by atoms with van der Waals surface area (Å²) >= 11 is 0. The zero-order chi connectivity index (χ0) is 17.0. The maximum Gasteiger partial charge on any atom is 0.331 e. The number of carbonyl (C=O) groups is 3. The number of carboxylic acids is 2. The third-order valence-corrected chi connectivity index (χ3v) is 3.87. The summed E-state index contributed by atoms with van der Waals surface area (Å²) in [4.78, 5) is 33.7. The third-order valence-electron chi connectivity index (χ3n) is 3.87. The van der Waals surface area contributed by atoms with Crippen molar-refractivity contribution in [2.24, 2.45) is 5.73 Å². The molecule has 0 heterocycles. The fourth-order valence-electron chi connectivity index (χ4n) is 2.31. The summed E-state index contributed by atoms with van der Waals surface area (Å²) in [5, 5.41) is 17.7. The van der Waals surface area contributed by atoms with E-state index in [0.717, 1.165) is 19.3 Å². The van der Waals surface area contributed by atoms with Crippen LogP contribution < -0.4 is 5.73 Å². The van der Waals surface area contributed by atoms with E-state index in [4.69, 9.17) is 15.9 Å². The lowest BCUT2D eigenvalue weighted by Crippen LogP contribution is -2.55. The maximum atomic E-state index is 12.0. The summed E-state index contributed by atoms with van der Waals surface area (Å²) in [6, 6.07) is 0. The van der Waals surface area contributed by atoms with Crippen molar-refractivity contribution in [2.45, 2.75) is 83.1 Å². The van der Waals surface area contributed by atoms with E-state index in [1.165, 1.54) is 25.7 Å². The Morgan fingerprint density at radius 1 is 0.864 bits per heavy atom. The molecule has 4 N–H and O–H groups in total. The monoisotopic (exact) mass is 315 g/mol. The number of Topliss-reactive ketones (excluding diaryl/α,β-unsaturated/α-hetero) is 1. The van der Waals surface area contributed by atoms with Crippen LogP contribution in [0.4, 0.5) is 0 Å². The van der Waals surface area contributed by atoms with Gasteiger partial charge in [-0.3, -0.25) is 9.59 Å². The van der Waals surface area contributed by atoms with Gasteiger partial charge in [0.05, 0.1) is 0 Å². The summed E-state index contributed by atoms with van der Waals surface area (Å²) in [6.45, 7) is 2.16. The van der Waals surface area contributed by atoms with Gasteiger partial charge in [-0.25, -0.2) is 4.79 Å². The number of ketones is 1. The van der Waals surface area contributed by atoms with Gasteiger partial charge in [0, 0.05) is 12.8 Å². The lowest BCUT2D eigenvalue weighted by molar-refractivity contribution is -0.149. The number of hydrogen-bond donors (Lipinski definition) is 3. The van der Waals surface area contributed by atoms with Gasteiger partial charge in [0.2, 0.25) is 0 Å². The molecule has 0 aliphatic rings. The van der Waals surface area contributed by atoms with Crippen molar-refractivity contribution in [3.8, 4) is 0 Å². The van der Waals surface area contributed by atoms with E-state index in [1.807, 2.05) is 0 Å². The van der Waals surface area contributed by atoms with Gasteiger partial charge in [-0.15, -0.1) is 0 Å². The van der Waals surface area contributed by atoms with E-state index in [-0.39, 0.29) is 12.8 Å². The standard InChI is InChI=1S/C16H29NO5/c1-2-3-4-5-6-7-8-9-10-13(18)16(17,15(21)22)12-11-14(19)20/h2-12,17H2,1H3,(H,19,20)(H,21,22)/t16-/m1/s1. The van der Waals surface area contributed by atoms with Gasteiger partial charge in [-0.2, -0.15) is 0 Å². The third kappa shape index (κ3) is 8.12. The first-order valence-electron chi connectivity index (χ1n) is 8.12. The molecule has 0 radical (unpaired) electrons. The Morgan fingerprint density at radius 3 is 1.82 bits per heavy atom. The van der Waals surface area contributed by atoms with Gasteiger partial charge in [-0.05, 0) is 12.8 Å². The van der Waals surface area contributed by atoms with Gasteiger partial charge in [0.15, 0.2) is 11.3 Å². The van der Waals surface area contributed by atoms with Crippen molar-refractivity contribution < 1.29 is 24.6 Å². The first-order valence-corrected chi connectivity index (χ1v) is 8.12.